The second-order valence-electron chi connectivity index (χ2n) is 4.09. The number of nitrogens with one attached hydrogen (secondary N) is 2. The Kier molecular flexibility index (Phi) is 5.70. The second kappa shape index (κ2) is 7.16. The molecule has 10 heteroatoms. The van der Waals surface area contributed by atoms with Crippen LogP contribution < -0.4 is 10.0 Å². The summed E-state index contributed by atoms with van der Waals surface area (Å²) in [7, 11) is -3.77. The minimum absolute atomic E-state index is 0.0381. The molecule has 1 aromatic carbocycles. The Morgan fingerprint density at radius 3 is 2.27 bits per heavy atom. The molecule has 5 nitrogen and oxygen atoms in total. The molecule has 0 saturated carbocycles. The highest BCUT2D eigenvalue weighted by molar-refractivity contribution is 7.91. The van der Waals surface area contributed by atoms with Crippen molar-refractivity contribution in [3.8, 4) is 0 Å². The number of sulfonamides is 1. The Hall–Kier alpha value is -0.830. The van der Waals surface area contributed by atoms with E-state index in [4.69, 9.17) is 34.8 Å². The van der Waals surface area contributed by atoms with Crippen molar-refractivity contribution in [1.82, 2.24) is 4.72 Å². The lowest BCUT2D eigenvalue weighted by Crippen LogP contribution is -2.32. The molecule has 118 valence electrons. The van der Waals surface area contributed by atoms with E-state index in [1.807, 2.05) is 0 Å². The predicted molar refractivity (Wildman–Crippen MR) is 89.6 cm³/mol. The molecule has 0 bridgehead atoms. The number of hydrogen-bond donors (Lipinski definition) is 2. The maximum absolute atomic E-state index is 11.9. The molecule has 0 unspecified atom stereocenters. The van der Waals surface area contributed by atoms with Crippen LogP contribution in [0.5, 0.6) is 0 Å². The number of hydrogen-bond acceptors (Lipinski definition) is 4. The zero-order valence-electron chi connectivity index (χ0n) is 10.8. The van der Waals surface area contributed by atoms with Gasteiger partial charge in [0.1, 0.15) is 4.21 Å². The third-order valence-electron chi connectivity index (χ3n) is 2.38. The van der Waals surface area contributed by atoms with Crippen LogP contribution in [0, 0.1) is 0 Å². The molecular weight excluding hydrogens is 391 g/mol. The summed E-state index contributed by atoms with van der Waals surface area (Å²) in [5.41, 5.74) is 0.376. The van der Waals surface area contributed by atoms with Gasteiger partial charge in [-0.2, -0.15) is 0 Å². The fourth-order valence-corrected chi connectivity index (χ4v) is 4.54. The molecule has 0 atom stereocenters. The van der Waals surface area contributed by atoms with E-state index in [2.05, 4.69) is 10.0 Å². The van der Waals surface area contributed by atoms with Crippen LogP contribution in [0.4, 0.5) is 5.69 Å². The molecule has 0 aliphatic carbocycles. The summed E-state index contributed by atoms with van der Waals surface area (Å²) in [4.78, 5) is 11.8. The molecule has 2 aromatic rings. The van der Waals surface area contributed by atoms with Gasteiger partial charge in [0.15, 0.2) is 0 Å². The van der Waals surface area contributed by atoms with Crippen LogP contribution in [0.15, 0.2) is 34.5 Å². The normalized spacial score (nSPS) is 11.4. The first-order chi connectivity index (χ1) is 10.3. The number of halogens is 3. The monoisotopic (exact) mass is 398 g/mol. The highest BCUT2D eigenvalue weighted by Crippen LogP contribution is 2.25. The Balaban J connectivity index is 1.98. The lowest BCUT2D eigenvalue weighted by molar-refractivity contribution is -0.115. The van der Waals surface area contributed by atoms with Crippen LogP contribution in [-0.2, 0) is 14.8 Å². The molecule has 0 aliphatic rings. The second-order valence-corrected chi connectivity index (χ2v) is 8.67. The van der Waals surface area contributed by atoms with Crippen LogP contribution in [0.2, 0.25) is 14.4 Å². The van der Waals surface area contributed by atoms with Crippen LogP contribution in [0.1, 0.15) is 0 Å². The Morgan fingerprint density at radius 1 is 1.09 bits per heavy atom. The van der Waals surface area contributed by atoms with E-state index >= 15 is 0 Å². The van der Waals surface area contributed by atoms with Gasteiger partial charge in [0.2, 0.25) is 5.91 Å². The average Bonchev–Trinajstić information content (AvgIpc) is 2.83. The van der Waals surface area contributed by atoms with Crippen molar-refractivity contribution in [1.29, 1.82) is 0 Å². The van der Waals surface area contributed by atoms with Gasteiger partial charge in [0.05, 0.1) is 10.9 Å². The van der Waals surface area contributed by atoms with E-state index in [1.54, 1.807) is 0 Å². The molecule has 22 heavy (non-hydrogen) atoms. The Bertz CT molecular complexity index is 785. The molecule has 2 rings (SSSR count). The third kappa shape index (κ3) is 4.84. The first-order valence-electron chi connectivity index (χ1n) is 5.77. The summed E-state index contributed by atoms with van der Waals surface area (Å²) < 4.78 is 26.4. The van der Waals surface area contributed by atoms with Crippen molar-refractivity contribution >= 4 is 67.8 Å². The predicted octanol–water partition coefficient (Wildman–Crippen LogP) is 3.63. The van der Waals surface area contributed by atoms with Crippen molar-refractivity contribution < 1.29 is 13.2 Å². The number of rotatable bonds is 5. The number of thiophene rings is 1. The van der Waals surface area contributed by atoms with E-state index in [1.165, 1.54) is 30.3 Å². The summed E-state index contributed by atoms with van der Waals surface area (Å²) >= 11 is 18.2. The molecule has 0 saturated heterocycles. The molecule has 1 heterocycles. The minimum atomic E-state index is -3.77. The van der Waals surface area contributed by atoms with Gasteiger partial charge in [-0.3, -0.25) is 4.79 Å². The molecule has 2 N–H and O–H groups in total. The molecule has 0 radical (unpaired) electrons. The van der Waals surface area contributed by atoms with Gasteiger partial charge >= 0.3 is 0 Å². The first kappa shape index (κ1) is 17.5. The molecule has 0 spiro atoms. The van der Waals surface area contributed by atoms with Gasteiger partial charge in [-0.15, -0.1) is 11.3 Å². The first-order valence-corrected chi connectivity index (χ1v) is 9.20. The van der Waals surface area contributed by atoms with Gasteiger partial charge in [0, 0.05) is 15.7 Å². The lowest BCUT2D eigenvalue weighted by atomic mass is 10.3. The zero-order chi connectivity index (χ0) is 16.3. The van der Waals surface area contributed by atoms with Crippen LogP contribution >= 0.6 is 46.1 Å². The Morgan fingerprint density at radius 2 is 1.73 bits per heavy atom. The van der Waals surface area contributed by atoms with Crippen LogP contribution in [0.3, 0.4) is 0 Å². The van der Waals surface area contributed by atoms with Crippen molar-refractivity contribution in [2.45, 2.75) is 4.21 Å². The molecular formula is C12H9Cl3N2O3S2. The summed E-state index contributed by atoms with van der Waals surface area (Å²) in [5.74, 6) is -0.551. The standard InChI is InChI=1S/C12H9Cl3N2O3S2/c13-7-3-8(14)5-9(4-7)17-11(18)6-16-22(19,20)12-2-1-10(15)21-12/h1-5,16H,6H2,(H,17,18). The van der Waals surface area contributed by atoms with E-state index in [0.717, 1.165) is 11.3 Å². The van der Waals surface area contributed by atoms with E-state index in [-0.39, 0.29) is 4.21 Å². The molecule has 1 aromatic heterocycles. The van der Waals surface area contributed by atoms with Crippen molar-refractivity contribution in [3.05, 3.63) is 44.7 Å². The van der Waals surface area contributed by atoms with Crippen molar-refractivity contribution in [2.24, 2.45) is 0 Å². The molecule has 0 aliphatic heterocycles. The highest BCUT2D eigenvalue weighted by atomic mass is 35.5. The SMILES string of the molecule is O=C(CNS(=O)(=O)c1ccc(Cl)s1)Nc1cc(Cl)cc(Cl)c1. The molecule has 1 amide bonds. The topological polar surface area (TPSA) is 75.3 Å². The van der Waals surface area contributed by atoms with Crippen LogP contribution in [-0.4, -0.2) is 20.9 Å². The van der Waals surface area contributed by atoms with Gasteiger partial charge in [0.25, 0.3) is 10.0 Å². The fraction of sp³-hybridized carbons (Fsp3) is 0.0833. The number of benzene rings is 1. The summed E-state index contributed by atoms with van der Waals surface area (Å²) in [6.45, 7) is -0.429. The number of anilines is 1. The maximum Gasteiger partial charge on any atom is 0.250 e. The van der Waals surface area contributed by atoms with Crippen LogP contribution in [0.25, 0.3) is 0 Å². The maximum atomic E-state index is 11.9. The lowest BCUT2D eigenvalue weighted by Gasteiger charge is -2.07. The van der Waals surface area contributed by atoms with Gasteiger partial charge in [-0.1, -0.05) is 34.8 Å². The minimum Gasteiger partial charge on any atom is -0.325 e. The summed E-state index contributed by atoms with van der Waals surface area (Å²) in [5, 5.41) is 3.21. The van der Waals surface area contributed by atoms with Crippen molar-refractivity contribution in [3.63, 3.8) is 0 Å². The summed E-state index contributed by atoms with van der Waals surface area (Å²) in [6, 6.07) is 7.35. The third-order valence-corrected chi connectivity index (χ3v) is 5.94. The van der Waals surface area contributed by atoms with Crippen molar-refractivity contribution in [2.75, 3.05) is 11.9 Å². The number of carbonyl (C=O) groups is 1. The van der Waals surface area contributed by atoms with Gasteiger partial charge in [-0.25, -0.2) is 13.1 Å². The van der Waals surface area contributed by atoms with E-state index in [9.17, 15) is 13.2 Å². The van der Waals surface area contributed by atoms with E-state index in [0.29, 0.717) is 20.1 Å². The summed E-state index contributed by atoms with van der Waals surface area (Å²) in [6.07, 6.45) is 0. The quantitative estimate of drug-likeness (QED) is 0.806. The van der Waals surface area contributed by atoms with Gasteiger partial charge < -0.3 is 5.32 Å². The smallest absolute Gasteiger partial charge is 0.250 e. The Labute approximate surface area is 146 Å². The average molecular weight is 400 g/mol. The van der Waals surface area contributed by atoms with Gasteiger partial charge in [-0.05, 0) is 30.3 Å². The number of amides is 1. The number of carbonyl (C=O) groups excluding carboxylic acids is 1. The van der Waals surface area contributed by atoms with E-state index < -0.39 is 22.5 Å². The zero-order valence-corrected chi connectivity index (χ0v) is 14.7. The fourth-order valence-electron chi connectivity index (χ4n) is 1.50. The molecule has 0 fully saturated rings. The largest absolute Gasteiger partial charge is 0.325 e. The highest BCUT2D eigenvalue weighted by Gasteiger charge is 2.17.